The molecule has 0 aromatic heterocycles. The fourth-order valence-corrected chi connectivity index (χ4v) is 1.45. The van der Waals surface area contributed by atoms with Gasteiger partial charge in [0.15, 0.2) is 11.5 Å². The molecule has 0 atom stereocenters. The van der Waals surface area contributed by atoms with Gasteiger partial charge in [0.05, 0.1) is 12.2 Å². The summed E-state index contributed by atoms with van der Waals surface area (Å²) >= 11 is 0. The zero-order valence-corrected chi connectivity index (χ0v) is 9.19. The summed E-state index contributed by atoms with van der Waals surface area (Å²) in [5.74, 6) is 0.605. The lowest BCUT2D eigenvalue weighted by Gasteiger charge is -2.10. The normalized spacial score (nSPS) is 14.6. The summed E-state index contributed by atoms with van der Waals surface area (Å²) in [6.07, 6.45) is 2.38. The molecule has 1 aromatic carbocycles. The predicted molar refractivity (Wildman–Crippen MR) is 59.7 cm³/mol. The van der Waals surface area contributed by atoms with Crippen LogP contribution in [0.15, 0.2) is 18.2 Å². The third kappa shape index (κ3) is 2.27. The second kappa shape index (κ2) is 4.43. The van der Waals surface area contributed by atoms with Gasteiger partial charge in [-0.3, -0.25) is 4.79 Å². The first-order chi connectivity index (χ1) is 7.72. The Balaban J connectivity index is 2.14. The molecule has 0 aliphatic heterocycles. The molecule has 1 aliphatic carbocycles. The summed E-state index contributed by atoms with van der Waals surface area (Å²) < 4.78 is 5.47. The Bertz CT molecular complexity index is 399. The van der Waals surface area contributed by atoms with E-state index in [1.807, 2.05) is 0 Å². The van der Waals surface area contributed by atoms with E-state index < -0.39 is 0 Å². The zero-order valence-electron chi connectivity index (χ0n) is 9.19. The number of carbonyl (C=O) groups excluding carboxylic acids is 1. The van der Waals surface area contributed by atoms with Gasteiger partial charge < -0.3 is 15.2 Å². The van der Waals surface area contributed by atoms with E-state index in [0.717, 1.165) is 0 Å². The third-order valence-corrected chi connectivity index (χ3v) is 2.64. The van der Waals surface area contributed by atoms with Crippen LogP contribution < -0.4 is 10.1 Å². The smallest absolute Gasteiger partial charge is 0.254 e. The number of phenols is 1. The molecule has 2 N–H and O–H groups in total. The van der Waals surface area contributed by atoms with Crippen molar-refractivity contribution < 1.29 is 14.6 Å². The van der Waals surface area contributed by atoms with Crippen LogP contribution in [0.5, 0.6) is 11.5 Å². The van der Waals surface area contributed by atoms with Gasteiger partial charge in [-0.1, -0.05) is 6.07 Å². The van der Waals surface area contributed by atoms with Crippen molar-refractivity contribution in [2.45, 2.75) is 12.8 Å². The number of hydrogen-bond acceptors (Lipinski definition) is 3. The van der Waals surface area contributed by atoms with Crippen molar-refractivity contribution in [1.82, 2.24) is 5.32 Å². The highest BCUT2D eigenvalue weighted by atomic mass is 16.5. The van der Waals surface area contributed by atoms with Crippen molar-refractivity contribution in [2.75, 3.05) is 13.7 Å². The van der Waals surface area contributed by atoms with Crippen LogP contribution in [0.25, 0.3) is 0 Å². The minimum Gasteiger partial charge on any atom is -0.504 e. The molecule has 0 saturated heterocycles. The number of benzene rings is 1. The first-order valence-electron chi connectivity index (χ1n) is 5.39. The van der Waals surface area contributed by atoms with Crippen LogP contribution in [-0.2, 0) is 0 Å². The molecule has 4 nitrogen and oxygen atoms in total. The van der Waals surface area contributed by atoms with E-state index in [-0.39, 0.29) is 17.2 Å². The number of rotatable bonds is 4. The van der Waals surface area contributed by atoms with E-state index in [9.17, 15) is 9.90 Å². The van der Waals surface area contributed by atoms with Crippen molar-refractivity contribution in [3.8, 4) is 11.5 Å². The third-order valence-electron chi connectivity index (χ3n) is 2.64. The van der Waals surface area contributed by atoms with E-state index in [1.165, 1.54) is 19.9 Å². The van der Waals surface area contributed by atoms with Crippen LogP contribution >= 0.6 is 0 Å². The highest BCUT2D eigenvalue weighted by Crippen LogP contribution is 2.33. The SMILES string of the molecule is CNC(=O)c1cccc(OCC2CC2)c1O. The fourth-order valence-electron chi connectivity index (χ4n) is 1.45. The first-order valence-corrected chi connectivity index (χ1v) is 5.39. The quantitative estimate of drug-likeness (QED) is 0.810. The zero-order chi connectivity index (χ0) is 11.5. The molecule has 16 heavy (non-hydrogen) atoms. The van der Waals surface area contributed by atoms with Gasteiger partial charge in [-0.25, -0.2) is 0 Å². The number of para-hydroxylation sites is 1. The fraction of sp³-hybridized carbons (Fsp3) is 0.417. The van der Waals surface area contributed by atoms with Gasteiger partial charge in [-0.2, -0.15) is 0 Å². The van der Waals surface area contributed by atoms with Crippen molar-refractivity contribution in [1.29, 1.82) is 0 Å². The van der Waals surface area contributed by atoms with Crippen molar-refractivity contribution in [2.24, 2.45) is 5.92 Å². The van der Waals surface area contributed by atoms with Gasteiger partial charge in [0.1, 0.15) is 0 Å². The van der Waals surface area contributed by atoms with Gasteiger partial charge in [-0.15, -0.1) is 0 Å². The summed E-state index contributed by atoms with van der Waals surface area (Å²) in [5.41, 5.74) is 0.246. The summed E-state index contributed by atoms with van der Waals surface area (Å²) in [5, 5.41) is 12.3. The minimum absolute atomic E-state index is 0.0810. The van der Waals surface area contributed by atoms with E-state index in [0.29, 0.717) is 18.3 Å². The monoisotopic (exact) mass is 221 g/mol. The van der Waals surface area contributed by atoms with Crippen LogP contribution in [0.2, 0.25) is 0 Å². The van der Waals surface area contributed by atoms with E-state index >= 15 is 0 Å². The average Bonchev–Trinajstić information content (AvgIpc) is 3.10. The maximum atomic E-state index is 11.4. The minimum atomic E-state index is -0.311. The first kappa shape index (κ1) is 10.8. The lowest BCUT2D eigenvalue weighted by Crippen LogP contribution is -2.18. The molecule has 4 heteroatoms. The molecule has 86 valence electrons. The Hall–Kier alpha value is -1.71. The molecule has 0 radical (unpaired) electrons. The number of aromatic hydroxyl groups is 1. The van der Waals surface area contributed by atoms with Gasteiger partial charge in [0.2, 0.25) is 0 Å². The lowest BCUT2D eigenvalue weighted by atomic mass is 10.1. The molecule has 0 spiro atoms. The Labute approximate surface area is 94.2 Å². The second-order valence-electron chi connectivity index (χ2n) is 3.99. The molecule has 0 heterocycles. The molecule has 0 bridgehead atoms. The Morgan fingerprint density at radius 3 is 2.94 bits per heavy atom. The van der Waals surface area contributed by atoms with Crippen LogP contribution in [0.4, 0.5) is 0 Å². The maximum Gasteiger partial charge on any atom is 0.254 e. The Morgan fingerprint density at radius 2 is 2.31 bits per heavy atom. The molecular weight excluding hydrogens is 206 g/mol. The van der Waals surface area contributed by atoms with E-state index in [4.69, 9.17) is 4.74 Å². The number of phenolic OH excluding ortho intramolecular Hbond substituents is 1. The lowest BCUT2D eigenvalue weighted by molar-refractivity contribution is 0.0959. The van der Waals surface area contributed by atoms with Crippen molar-refractivity contribution in [3.63, 3.8) is 0 Å². The molecule has 1 aliphatic rings. The predicted octanol–water partition coefficient (Wildman–Crippen LogP) is 1.54. The molecule has 0 unspecified atom stereocenters. The van der Waals surface area contributed by atoms with Crippen molar-refractivity contribution in [3.05, 3.63) is 23.8 Å². The van der Waals surface area contributed by atoms with Crippen LogP contribution in [-0.4, -0.2) is 24.7 Å². The topological polar surface area (TPSA) is 58.6 Å². The molecule has 1 amide bonds. The Morgan fingerprint density at radius 1 is 1.56 bits per heavy atom. The standard InChI is InChI=1S/C12H15NO3/c1-13-12(15)9-3-2-4-10(11(9)14)16-7-8-5-6-8/h2-4,8,14H,5-7H2,1H3,(H,13,15). The molecule has 1 aromatic rings. The highest BCUT2D eigenvalue weighted by Gasteiger charge is 2.23. The molecule has 2 rings (SSSR count). The number of carbonyl (C=O) groups is 1. The number of nitrogens with one attached hydrogen (secondary N) is 1. The van der Waals surface area contributed by atoms with Crippen LogP contribution in [0.3, 0.4) is 0 Å². The summed E-state index contributed by atoms with van der Waals surface area (Å²) in [6, 6.07) is 4.94. The molecule has 1 saturated carbocycles. The number of hydrogen-bond donors (Lipinski definition) is 2. The van der Waals surface area contributed by atoms with Crippen LogP contribution in [0, 0.1) is 5.92 Å². The maximum absolute atomic E-state index is 11.4. The van der Waals surface area contributed by atoms with Crippen LogP contribution in [0.1, 0.15) is 23.2 Å². The second-order valence-corrected chi connectivity index (χ2v) is 3.99. The molecule has 1 fully saturated rings. The van der Waals surface area contributed by atoms with E-state index in [2.05, 4.69) is 5.32 Å². The van der Waals surface area contributed by atoms with Gasteiger partial charge in [-0.05, 0) is 30.9 Å². The average molecular weight is 221 g/mol. The number of ether oxygens (including phenoxy) is 1. The van der Waals surface area contributed by atoms with Gasteiger partial charge in [0, 0.05) is 7.05 Å². The Kier molecular flexibility index (Phi) is 2.99. The summed E-state index contributed by atoms with van der Waals surface area (Å²) in [6.45, 7) is 0.616. The molecular formula is C12H15NO3. The van der Waals surface area contributed by atoms with E-state index in [1.54, 1.807) is 18.2 Å². The largest absolute Gasteiger partial charge is 0.504 e. The summed E-state index contributed by atoms with van der Waals surface area (Å²) in [4.78, 5) is 11.4. The van der Waals surface area contributed by atoms with Gasteiger partial charge >= 0.3 is 0 Å². The number of amides is 1. The summed E-state index contributed by atoms with van der Waals surface area (Å²) in [7, 11) is 1.53. The van der Waals surface area contributed by atoms with Crippen molar-refractivity contribution >= 4 is 5.91 Å². The van der Waals surface area contributed by atoms with Gasteiger partial charge in [0.25, 0.3) is 5.91 Å². The highest BCUT2D eigenvalue weighted by molar-refractivity contribution is 5.97.